The van der Waals surface area contributed by atoms with E-state index in [-0.39, 0.29) is 24.8 Å². The van der Waals surface area contributed by atoms with Crippen LogP contribution in [0.5, 0.6) is 0 Å². The molecule has 22 heavy (non-hydrogen) atoms. The number of hydrogen-bond donors (Lipinski definition) is 1. The van der Waals surface area contributed by atoms with Gasteiger partial charge in [0, 0.05) is 17.1 Å². The fourth-order valence-electron chi connectivity index (χ4n) is 2.60. The van der Waals surface area contributed by atoms with Crippen LogP contribution in [0.3, 0.4) is 0 Å². The Bertz CT molecular complexity index is 591. The van der Waals surface area contributed by atoms with Crippen molar-refractivity contribution in [1.82, 2.24) is 9.88 Å². The summed E-state index contributed by atoms with van der Waals surface area (Å²) in [5.41, 5.74) is 6.66. The van der Waals surface area contributed by atoms with Crippen molar-refractivity contribution in [1.29, 1.82) is 0 Å². The van der Waals surface area contributed by atoms with E-state index in [0.717, 1.165) is 43.4 Å². The molecule has 4 nitrogen and oxygen atoms in total. The smallest absolute Gasteiger partial charge is 0.209 e. The first kappa shape index (κ1) is 19.3. The number of rotatable bonds is 4. The van der Waals surface area contributed by atoms with Gasteiger partial charge in [0.1, 0.15) is 0 Å². The Morgan fingerprint density at radius 2 is 2.18 bits per heavy atom. The molecule has 1 saturated heterocycles. The van der Waals surface area contributed by atoms with E-state index in [9.17, 15) is 0 Å². The van der Waals surface area contributed by atoms with Crippen molar-refractivity contribution < 1.29 is 4.42 Å². The van der Waals surface area contributed by atoms with Gasteiger partial charge < -0.3 is 10.2 Å². The fraction of sp³-hybridized carbons (Fsp3) is 0.400. The molecule has 0 amide bonds. The van der Waals surface area contributed by atoms with E-state index in [2.05, 4.69) is 9.88 Å². The average molecular weight is 365 g/mol. The first-order chi connectivity index (χ1) is 9.74. The average Bonchev–Trinajstić information content (AvgIpc) is 3.08. The molecule has 122 valence electrons. The lowest BCUT2D eigenvalue weighted by Gasteiger charge is -2.12. The zero-order valence-corrected chi connectivity index (χ0v) is 14.5. The maximum atomic E-state index is 5.99. The molecule has 0 spiro atoms. The second-order valence-corrected chi connectivity index (χ2v) is 5.69. The van der Waals surface area contributed by atoms with Crippen LogP contribution in [-0.2, 0) is 6.54 Å². The molecule has 2 aromatic rings. The number of nitrogens with two attached hydrogens (primary N) is 1. The molecule has 0 bridgehead atoms. The second kappa shape index (κ2) is 8.75. The van der Waals surface area contributed by atoms with Crippen LogP contribution in [-0.4, -0.2) is 29.5 Å². The number of nitrogens with zero attached hydrogens (tertiary/aromatic N) is 2. The summed E-state index contributed by atoms with van der Waals surface area (Å²) in [4.78, 5) is 6.69. The molecule has 0 aliphatic carbocycles. The standard InChI is InChI=1S/C15H18ClN3O.2ClH/c16-13-3-1-2-12(6-13)14-8-18-15(20-14)10-19-5-4-11(7-17)9-19;;/h1-3,6,8,11H,4-5,7,9-10,17H2;2*1H. The lowest BCUT2D eigenvalue weighted by Crippen LogP contribution is -2.22. The van der Waals surface area contributed by atoms with E-state index < -0.39 is 0 Å². The van der Waals surface area contributed by atoms with Crippen LogP contribution >= 0.6 is 36.4 Å². The Hall–Kier alpha value is -0.780. The Kier molecular flexibility index (Phi) is 7.66. The van der Waals surface area contributed by atoms with Gasteiger partial charge in [-0.3, -0.25) is 4.90 Å². The minimum absolute atomic E-state index is 0. The van der Waals surface area contributed by atoms with Crippen LogP contribution in [0.15, 0.2) is 34.9 Å². The van der Waals surface area contributed by atoms with Gasteiger partial charge in [0.2, 0.25) is 5.89 Å². The molecule has 1 aromatic carbocycles. The Morgan fingerprint density at radius 3 is 2.86 bits per heavy atom. The highest BCUT2D eigenvalue weighted by Gasteiger charge is 2.22. The number of halogens is 3. The number of hydrogen-bond acceptors (Lipinski definition) is 4. The van der Waals surface area contributed by atoms with Crippen LogP contribution in [0.4, 0.5) is 0 Å². The van der Waals surface area contributed by atoms with Crippen LogP contribution in [0, 0.1) is 5.92 Å². The van der Waals surface area contributed by atoms with Gasteiger partial charge in [0.25, 0.3) is 0 Å². The summed E-state index contributed by atoms with van der Waals surface area (Å²) < 4.78 is 5.81. The van der Waals surface area contributed by atoms with Crippen molar-refractivity contribution in [3.63, 3.8) is 0 Å². The minimum atomic E-state index is 0. The highest BCUT2D eigenvalue weighted by molar-refractivity contribution is 6.30. The highest BCUT2D eigenvalue weighted by Crippen LogP contribution is 2.24. The maximum Gasteiger partial charge on any atom is 0.209 e. The zero-order chi connectivity index (χ0) is 13.9. The normalized spacial score (nSPS) is 17.8. The highest BCUT2D eigenvalue weighted by atomic mass is 35.5. The predicted molar refractivity (Wildman–Crippen MR) is 93.9 cm³/mol. The van der Waals surface area contributed by atoms with Crippen molar-refractivity contribution in [2.75, 3.05) is 19.6 Å². The lowest BCUT2D eigenvalue weighted by molar-refractivity contribution is 0.282. The molecule has 1 aliphatic heterocycles. The molecule has 0 saturated carbocycles. The van der Waals surface area contributed by atoms with Gasteiger partial charge in [0.15, 0.2) is 5.76 Å². The zero-order valence-electron chi connectivity index (χ0n) is 12.1. The molecule has 3 rings (SSSR count). The van der Waals surface area contributed by atoms with E-state index in [1.807, 2.05) is 24.3 Å². The van der Waals surface area contributed by atoms with Crippen molar-refractivity contribution in [2.45, 2.75) is 13.0 Å². The number of benzene rings is 1. The van der Waals surface area contributed by atoms with E-state index in [0.29, 0.717) is 10.9 Å². The predicted octanol–water partition coefficient (Wildman–Crippen LogP) is 3.62. The Morgan fingerprint density at radius 1 is 1.36 bits per heavy atom. The van der Waals surface area contributed by atoms with E-state index in [1.165, 1.54) is 6.42 Å². The molecule has 1 fully saturated rings. The molecule has 1 unspecified atom stereocenters. The van der Waals surface area contributed by atoms with E-state index in [4.69, 9.17) is 21.8 Å². The molecule has 1 aromatic heterocycles. The lowest BCUT2D eigenvalue weighted by atomic mass is 10.1. The first-order valence-corrected chi connectivity index (χ1v) is 7.25. The van der Waals surface area contributed by atoms with Crippen LogP contribution in [0.25, 0.3) is 11.3 Å². The molecule has 1 atom stereocenters. The Labute approximate surface area is 147 Å². The summed E-state index contributed by atoms with van der Waals surface area (Å²) in [6.45, 7) is 3.61. The first-order valence-electron chi connectivity index (χ1n) is 6.87. The monoisotopic (exact) mass is 363 g/mol. The van der Waals surface area contributed by atoms with Crippen LogP contribution in [0.1, 0.15) is 12.3 Å². The van der Waals surface area contributed by atoms with Gasteiger partial charge in [0.05, 0.1) is 12.7 Å². The molecule has 1 aliphatic rings. The van der Waals surface area contributed by atoms with Gasteiger partial charge >= 0.3 is 0 Å². The van der Waals surface area contributed by atoms with Crippen LogP contribution < -0.4 is 5.73 Å². The molecular formula is C15H20Cl3N3O. The molecule has 0 radical (unpaired) electrons. The summed E-state index contributed by atoms with van der Waals surface area (Å²) in [5, 5.41) is 0.700. The third-order valence-corrected chi connectivity index (χ3v) is 3.96. The quantitative estimate of drug-likeness (QED) is 0.900. The number of oxazole rings is 1. The van der Waals surface area contributed by atoms with Crippen molar-refractivity contribution in [3.05, 3.63) is 41.4 Å². The third kappa shape index (κ3) is 4.61. The minimum Gasteiger partial charge on any atom is -0.439 e. The van der Waals surface area contributed by atoms with Crippen LogP contribution in [0.2, 0.25) is 5.02 Å². The molecule has 7 heteroatoms. The van der Waals surface area contributed by atoms with Gasteiger partial charge in [-0.05, 0) is 37.6 Å². The summed E-state index contributed by atoms with van der Waals surface area (Å²) in [6.07, 6.45) is 2.93. The van der Waals surface area contributed by atoms with Gasteiger partial charge in [-0.15, -0.1) is 24.8 Å². The van der Waals surface area contributed by atoms with Gasteiger partial charge in [-0.25, -0.2) is 4.98 Å². The second-order valence-electron chi connectivity index (χ2n) is 5.25. The van der Waals surface area contributed by atoms with Crippen molar-refractivity contribution >= 4 is 36.4 Å². The SMILES string of the molecule is Cl.Cl.NCC1CCN(Cc2ncc(-c3cccc(Cl)c3)o2)C1. The molecule has 2 heterocycles. The number of likely N-dealkylation sites (tertiary alicyclic amines) is 1. The Balaban J connectivity index is 0.00000121. The largest absolute Gasteiger partial charge is 0.439 e. The van der Waals surface area contributed by atoms with Gasteiger partial charge in [-0.2, -0.15) is 0 Å². The van der Waals surface area contributed by atoms with E-state index >= 15 is 0 Å². The topological polar surface area (TPSA) is 55.3 Å². The summed E-state index contributed by atoms with van der Waals surface area (Å²) in [7, 11) is 0. The fourth-order valence-corrected chi connectivity index (χ4v) is 2.79. The molecule has 2 N–H and O–H groups in total. The summed E-state index contributed by atoms with van der Waals surface area (Å²) >= 11 is 5.99. The van der Waals surface area contributed by atoms with Gasteiger partial charge in [-0.1, -0.05) is 23.7 Å². The maximum absolute atomic E-state index is 5.99. The summed E-state index contributed by atoms with van der Waals surface area (Å²) in [6, 6.07) is 7.61. The van der Waals surface area contributed by atoms with Crippen molar-refractivity contribution in [2.24, 2.45) is 11.7 Å². The third-order valence-electron chi connectivity index (χ3n) is 3.72. The molecular weight excluding hydrogens is 345 g/mol. The van der Waals surface area contributed by atoms with E-state index in [1.54, 1.807) is 6.20 Å². The number of aromatic nitrogens is 1. The van der Waals surface area contributed by atoms with Crippen molar-refractivity contribution in [3.8, 4) is 11.3 Å². The summed E-state index contributed by atoms with van der Waals surface area (Å²) in [5.74, 6) is 2.12.